The molecule has 1 aliphatic rings. The van der Waals surface area contributed by atoms with Gasteiger partial charge in [-0.2, -0.15) is 0 Å². The molecule has 0 spiro atoms. The molecule has 0 aromatic heterocycles. The van der Waals surface area contributed by atoms with Crippen molar-refractivity contribution < 1.29 is 4.74 Å². The van der Waals surface area contributed by atoms with E-state index in [0.717, 1.165) is 18.8 Å². The Bertz CT molecular complexity index is 294. The van der Waals surface area contributed by atoms with Crippen molar-refractivity contribution >= 4 is 0 Å². The molecular weight excluding hydrogens is 150 g/mol. The monoisotopic (exact) mass is 163 g/mol. The predicted molar refractivity (Wildman–Crippen MR) is 48.2 cm³/mol. The molecule has 0 aliphatic carbocycles. The van der Waals surface area contributed by atoms with E-state index < -0.39 is 0 Å². The average Bonchev–Trinajstić information content (AvgIpc) is 2.49. The Morgan fingerprint density at radius 1 is 1.50 bits per heavy atom. The molecule has 0 saturated heterocycles. The van der Waals surface area contributed by atoms with Gasteiger partial charge in [0.25, 0.3) is 0 Å². The molecule has 1 atom stereocenters. The molecule has 1 heterocycles. The standard InChI is InChI=1S/C10H13NO/c1-7(11)8-2-3-10-9(6-8)4-5-12-10/h2-3,6-7H,4-5,11H2,1H3/t7-/m1/s1. The summed E-state index contributed by atoms with van der Waals surface area (Å²) in [7, 11) is 0. The third kappa shape index (κ3) is 1.18. The average molecular weight is 163 g/mol. The molecule has 0 fully saturated rings. The summed E-state index contributed by atoms with van der Waals surface area (Å²) in [5.41, 5.74) is 8.26. The van der Waals surface area contributed by atoms with Gasteiger partial charge in [0.2, 0.25) is 0 Å². The summed E-state index contributed by atoms with van der Waals surface area (Å²) in [5.74, 6) is 1.03. The SMILES string of the molecule is C[C@@H](N)c1ccc2c(c1)CCO2. The van der Waals surface area contributed by atoms with E-state index in [9.17, 15) is 0 Å². The van der Waals surface area contributed by atoms with Gasteiger partial charge < -0.3 is 10.5 Å². The Balaban J connectivity index is 2.39. The van der Waals surface area contributed by atoms with Crippen molar-refractivity contribution in [2.75, 3.05) is 6.61 Å². The van der Waals surface area contributed by atoms with Crippen molar-refractivity contribution in [3.05, 3.63) is 29.3 Å². The summed E-state index contributed by atoms with van der Waals surface area (Å²) in [6.07, 6.45) is 1.02. The zero-order valence-corrected chi connectivity index (χ0v) is 7.21. The lowest BCUT2D eigenvalue weighted by atomic mass is 10.0. The molecule has 2 rings (SSSR count). The van der Waals surface area contributed by atoms with Crippen LogP contribution in [0.5, 0.6) is 5.75 Å². The van der Waals surface area contributed by atoms with Crippen LogP contribution in [0.15, 0.2) is 18.2 Å². The highest BCUT2D eigenvalue weighted by atomic mass is 16.5. The maximum Gasteiger partial charge on any atom is 0.122 e. The largest absolute Gasteiger partial charge is 0.493 e. The lowest BCUT2D eigenvalue weighted by molar-refractivity contribution is 0.357. The Morgan fingerprint density at radius 2 is 2.33 bits per heavy atom. The van der Waals surface area contributed by atoms with Crippen molar-refractivity contribution in [3.63, 3.8) is 0 Å². The molecule has 2 nitrogen and oxygen atoms in total. The number of hydrogen-bond donors (Lipinski definition) is 1. The minimum atomic E-state index is 0.121. The fraction of sp³-hybridized carbons (Fsp3) is 0.400. The van der Waals surface area contributed by atoms with Crippen molar-refractivity contribution in [1.29, 1.82) is 0 Å². The summed E-state index contributed by atoms with van der Waals surface area (Å²) in [4.78, 5) is 0. The molecule has 12 heavy (non-hydrogen) atoms. The molecule has 0 bridgehead atoms. The van der Waals surface area contributed by atoms with E-state index in [1.54, 1.807) is 0 Å². The first-order valence-electron chi connectivity index (χ1n) is 4.28. The van der Waals surface area contributed by atoms with Gasteiger partial charge in [0, 0.05) is 12.5 Å². The molecule has 0 radical (unpaired) electrons. The van der Waals surface area contributed by atoms with E-state index >= 15 is 0 Å². The quantitative estimate of drug-likeness (QED) is 0.683. The Labute approximate surface area is 72.3 Å². The second-order valence-corrected chi connectivity index (χ2v) is 3.25. The topological polar surface area (TPSA) is 35.2 Å². The van der Waals surface area contributed by atoms with E-state index in [4.69, 9.17) is 10.5 Å². The highest BCUT2D eigenvalue weighted by molar-refractivity contribution is 5.40. The zero-order valence-electron chi connectivity index (χ0n) is 7.21. The minimum Gasteiger partial charge on any atom is -0.493 e. The van der Waals surface area contributed by atoms with Gasteiger partial charge in [-0.25, -0.2) is 0 Å². The smallest absolute Gasteiger partial charge is 0.122 e. The highest BCUT2D eigenvalue weighted by Gasteiger charge is 2.12. The Morgan fingerprint density at radius 3 is 3.08 bits per heavy atom. The summed E-state index contributed by atoms with van der Waals surface area (Å²) in [6, 6.07) is 6.32. The third-order valence-electron chi connectivity index (χ3n) is 2.24. The number of fused-ring (bicyclic) bond motifs is 1. The molecule has 1 aromatic rings. The molecule has 0 unspecified atom stereocenters. The van der Waals surface area contributed by atoms with Gasteiger partial charge in [-0.3, -0.25) is 0 Å². The summed E-state index contributed by atoms with van der Waals surface area (Å²) in [6.45, 7) is 2.81. The fourth-order valence-corrected chi connectivity index (χ4v) is 1.49. The summed E-state index contributed by atoms with van der Waals surface area (Å²) < 4.78 is 5.39. The van der Waals surface area contributed by atoms with Gasteiger partial charge in [0.1, 0.15) is 5.75 Å². The van der Waals surface area contributed by atoms with Crippen molar-refractivity contribution in [1.82, 2.24) is 0 Å². The van der Waals surface area contributed by atoms with Crippen molar-refractivity contribution in [2.45, 2.75) is 19.4 Å². The van der Waals surface area contributed by atoms with Gasteiger partial charge in [0.15, 0.2) is 0 Å². The van der Waals surface area contributed by atoms with Crippen LogP contribution in [0.1, 0.15) is 24.1 Å². The first-order chi connectivity index (χ1) is 5.77. The van der Waals surface area contributed by atoms with E-state index in [1.807, 2.05) is 19.1 Å². The van der Waals surface area contributed by atoms with Crippen LogP contribution in [0.2, 0.25) is 0 Å². The zero-order chi connectivity index (χ0) is 8.55. The van der Waals surface area contributed by atoms with Crippen LogP contribution in [0, 0.1) is 0 Å². The Kier molecular flexibility index (Phi) is 1.77. The summed E-state index contributed by atoms with van der Waals surface area (Å²) >= 11 is 0. The predicted octanol–water partition coefficient (Wildman–Crippen LogP) is 1.64. The molecule has 2 N–H and O–H groups in total. The molecular formula is C10H13NO. The van der Waals surface area contributed by atoms with Gasteiger partial charge in [-0.15, -0.1) is 0 Å². The minimum absolute atomic E-state index is 0.121. The van der Waals surface area contributed by atoms with E-state index in [-0.39, 0.29) is 6.04 Å². The van der Waals surface area contributed by atoms with Gasteiger partial charge in [0.05, 0.1) is 6.61 Å². The van der Waals surface area contributed by atoms with Crippen LogP contribution in [0.4, 0.5) is 0 Å². The normalized spacial score (nSPS) is 16.8. The number of rotatable bonds is 1. The molecule has 0 saturated carbocycles. The van der Waals surface area contributed by atoms with E-state index in [2.05, 4.69) is 6.07 Å². The highest BCUT2D eigenvalue weighted by Crippen LogP contribution is 2.27. The molecule has 2 heteroatoms. The first-order valence-corrected chi connectivity index (χ1v) is 4.28. The van der Waals surface area contributed by atoms with E-state index in [0.29, 0.717) is 0 Å². The molecule has 0 amide bonds. The lowest BCUT2D eigenvalue weighted by Crippen LogP contribution is -2.04. The van der Waals surface area contributed by atoms with Crippen LogP contribution in [0.25, 0.3) is 0 Å². The van der Waals surface area contributed by atoms with Crippen molar-refractivity contribution in [2.24, 2.45) is 5.73 Å². The molecule has 64 valence electrons. The second-order valence-electron chi connectivity index (χ2n) is 3.25. The van der Waals surface area contributed by atoms with Crippen LogP contribution in [0.3, 0.4) is 0 Å². The number of nitrogens with two attached hydrogens (primary N) is 1. The Hall–Kier alpha value is -1.02. The number of benzene rings is 1. The maximum atomic E-state index is 5.77. The lowest BCUT2D eigenvalue weighted by Gasteiger charge is -2.06. The van der Waals surface area contributed by atoms with Crippen LogP contribution in [-0.2, 0) is 6.42 Å². The third-order valence-corrected chi connectivity index (χ3v) is 2.24. The van der Waals surface area contributed by atoms with Gasteiger partial charge >= 0.3 is 0 Å². The van der Waals surface area contributed by atoms with Crippen LogP contribution < -0.4 is 10.5 Å². The second kappa shape index (κ2) is 2.79. The van der Waals surface area contributed by atoms with Crippen molar-refractivity contribution in [3.8, 4) is 5.75 Å². The summed E-state index contributed by atoms with van der Waals surface area (Å²) in [5, 5.41) is 0. The molecule has 1 aromatic carbocycles. The van der Waals surface area contributed by atoms with Crippen LogP contribution in [-0.4, -0.2) is 6.61 Å². The number of ether oxygens (including phenoxy) is 1. The van der Waals surface area contributed by atoms with E-state index in [1.165, 1.54) is 11.1 Å². The maximum absolute atomic E-state index is 5.77. The van der Waals surface area contributed by atoms with Gasteiger partial charge in [-0.05, 0) is 24.1 Å². The van der Waals surface area contributed by atoms with Gasteiger partial charge in [-0.1, -0.05) is 12.1 Å². The first kappa shape index (κ1) is 7.62. The van der Waals surface area contributed by atoms with Crippen LogP contribution >= 0.6 is 0 Å². The molecule has 1 aliphatic heterocycles. The fourth-order valence-electron chi connectivity index (χ4n) is 1.49. The number of hydrogen-bond acceptors (Lipinski definition) is 2.